The zero-order chi connectivity index (χ0) is 19.2. The summed E-state index contributed by atoms with van der Waals surface area (Å²) in [5.74, 6) is 0. The standard InChI is InChI=1S/C23H50OSi/c1-8-10-11-12-13-14-15-16-17-18-19-20-21-22(9-2)24-25(6,7)23(3,4)5/h22H,8-21H2,1-7H3. The summed E-state index contributed by atoms with van der Waals surface area (Å²) >= 11 is 0. The fraction of sp³-hybridized carbons (Fsp3) is 1.00. The molecular weight excluding hydrogens is 320 g/mol. The maximum absolute atomic E-state index is 6.59. The van der Waals surface area contributed by atoms with Crippen molar-refractivity contribution in [3.63, 3.8) is 0 Å². The highest BCUT2D eigenvalue weighted by Gasteiger charge is 2.38. The van der Waals surface area contributed by atoms with Crippen molar-refractivity contribution in [1.82, 2.24) is 0 Å². The van der Waals surface area contributed by atoms with Crippen LogP contribution in [0.3, 0.4) is 0 Å². The quantitative estimate of drug-likeness (QED) is 0.195. The topological polar surface area (TPSA) is 9.23 Å². The van der Waals surface area contributed by atoms with Crippen molar-refractivity contribution in [2.24, 2.45) is 0 Å². The molecule has 1 unspecified atom stereocenters. The van der Waals surface area contributed by atoms with Gasteiger partial charge in [0, 0.05) is 6.10 Å². The third-order valence-electron chi connectivity index (χ3n) is 6.10. The van der Waals surface area contributed by atoms with Crippen LogP contribution in [0, 0.1) is 0 Å². The smallest absolute Gasteiger partial charge is 0.192 e. The van der Waals surface area contributed by atoms with E-state index in [-0.39, 0.29) is 0 Å². The molecule has 25 heavy (non-hydrogen) atoms. The number of unbranched alkanes of at least 4 members (excludes halogenated alkanes) is 11. The van der Waals surface area contributed by atoms with Gasteiger partial charge < -0.3 is 4.43 Å². The van der Waals surface area contributed by atoms with E-state index in [1.807, 2.05) is 0 Å². The van der Waals surface area contributed by atoms with Gasteiger partial charge in [0.25, 0.3) is 0 Å². The monoisotopic (exact) mass is 370 g/mol. The molecule has 0 spiro atoms. The van der Waals surface area contributed by atoms with Crippen molar-refractivity contribution in [2.45, 2.75) is 149 Å². The molecule has 0 saturated heterocycles. The molecule has 2 heteroatoms. The summed E-state index contributed by atoms with van der Waals surface area (Å²) in [4.78, 5) is 0. The fourth-order valence-corrected chi connectivity index (χ4v) is 4.62. The van der Waals surface area contributed by atoms with Crippen molar-refractivity contribution in [2.75, 3.05) is 0 Å². The van der Waals surface area contributed by atoms with Crippen LogP contribution in [0.4, 0.5) is 0 Å². The van der Waals surface area contributed by atoms with E-state index in [9.17, 15) is 0 Å². The summed E-state index contributed by atoms with van der Waals surface area (Å²) < 4.78 is 6.59. The molecule has 0 fully saturated rings. The maximum Gasteiger partial charge on any atom is 0.192 e. The van der Waals surface area contributed by atoms with Gasteiger partial charge >= 0.3 is 0 Å². The highest BCUT2D eigenvalue weighted by atomic mass is 28.4. The first-order chi connectivity index (χ1) is 11.7. The van der Waals surface area contributed by atoms with Crippen molar-refractivity contribution in [1.29, 1.82) is 0 Å². The summed E-state index contributed by atoms with van der Waals surface area (Å²) in [6.45, 7) is 16.4. The van der Waals surface area contributed by atoms with Gasteiger partial charge in [-0.15, -0.1) is 0 Å². The van der Waals surface area contributed by atoms with Crippen molar-refractivity contribution in [3.05, 3.63) is 0 Å². The predicted molar refractivity (Wildman–Crippen MR) is 118 cm³/mol. The molecule has 0 heterocycles. The Morgan fingerprint density at radius 3 is 1.44 bits per heavy atom. The minimum absolute atomic E-state index is 0.330. The molecular formula is C23H50OSi. The Morgan fingerprint density at radius 2 is 1.08 bits per heavy atom. The number of hydrogen-bond acceptors (Lipinski definition) is 1. The zero-order valence-corrected chi connectivity index (χ0v) is 19.9. The van der Waals surface area contributed by atoms with Crippen LogP contribution in [0.25, 0.3) is 0 Å². The Kier molecular flexibility index (Phi) is 14.4. The molecule has 0 aliphatic carbocycles. The molecule has 0 aromatic heterocycles. The van der Waals surface area contributed by atoms with Crippen molar-refractivity contribution >= 4 is 8.32 Å². The average molecular weight is 371 g/mol. The Morgan fingerprint density at radius 1 is 0.680 bits per heavy atom. The Balaban J connectivity index is 3.60. The van der Waals surface area contributed by atoms with Gasteiger partial charge in [0.2, 0.25) is 0 Å². The second kappa shape index (κ2) is 14.3. The molecule has 0 saturated carbocycles. The molecule has 0 amide bonds. The van der Waals surface area contributed by atoms with Crippen LogP contribution in [0.15, 0.2) is 0 Å². The van der Waals surface area contributed by atoms with Crippen LogP contribution in [0.2, 0.25) is 18.1 Å². The lowest BCUT2D eigenvalue weighted by Crippen LogP contribution is -2.43. The summed E-state index contributed by atoms with van der Waals surface area (Å²) in [7, 11) is -1.59. The van der Waals surface area contributed by atoms with Gasteiger partial charge in [-0.3, -0.25) is 0 Å². The first-order valence-electron chi connectivity index (χ1n) is 11.4. The van der Waals surface area contributed by atoms with Gasteiger partial charge in [0.05, 0.1) is 0 Å². The van der Waals surface area contributed by atoms with Gasteiger partial charge in [-0.25, -0.2) is 0 Å². The molecule has 152 valence electrons. The van der Waals surface area contributed by atoms with E-state index in [0.29, 0.717) is 11.1 Å². The zero-order valence-electron chi connectivity index (χ0n) is 18.9. The van der Waals surface area contributed by atoms with Crippen LogP contribution in [-0.2, 0) is 4.43 Å². The first-order valence-corrected chi connectivity index (χ1v) is 14.3. The van der Waals surface area contributed by atoms with E-state index in [2.05, 4.69) is 47.7 Å². The van der Waals surface area contributed by atoms with Gasteiger partial charge in [0.1, 0.15) is 0 Å². The molecule has 0 N–H and O–H groups in total. The Bertz CT molecular complexity index is 293. The lowest BCUT2D eigenvalue weighted by Gasteiger charge is -2.39. The Labute approximate surface area is 161 Å². The summed E-state index contributed by atoms with van der Waals surface area (Å²) in [6.07, 6.45) is 20.1. The second-order valence-electron chi connectivity index (χ2n) is 9.59. The molecule has 0 aliphatic rings. The van der Waals surface area contributed by atoms with E-state index < -0.39 is 8.32 Å². The van der Waals surface area contributed by atoms with E-state index in [4.69, 9.17) is 4.43 Å². The molecule has 0 radical (unpaired) electrons. The maximum atomic E-state index is 6.59. The highest BCUT2D eigenvalue weighted by molar-refractivity contribution is 6.74. The normalized spacial score (nSPS) is 14.0. The van der Waals surface area contributed by atoms with E-state index in [0.717, 1.165) is 0 Å². The van der Waals surface area contributed by atoms with Gasteiger partial charge in [-0.1, -0.05) is 112 Å². The van der Waals surface area contributed by atoms with Crippen molar-refractivity contribution in [3.8, 4) is 0 Å². The molecule has 0 aliphatic heterocycles. The van der Waals surface area contributed by atoms with Gasteiger partial charge in [-0.05, 0) is 31.0 Å². The SMILES string of the molecule is CCCCCCCCCCCCCCC(CC)O[Si](C)(C)C(C)(C)C. The summed E-state index contributed by atoms with van der Waals surface area (Å²) in [5, 5.41) is 0.330. The third kappa shape index (κ3) is 13.1. The third-order valence-corrected chi connectivity index (χ3v) is 10.6. The van der Waals surface area contributed by atoms with Crippen LogP contribution in [0.1, 0.15) is 125 Å². The number of rotatable bonds is 16. The first kappa shape index (κ1) is 25.2. The van der Waals surface area contributed by atoms with E-state index in [1.54, 1.807) is 0 Å². The molecule has 0 rings (SSSR count). The number of hydrogen-bond donors (Lipinski definition) is 0. The van der Waals surface area contributed by atoms with Crippen LogP contribution in [0.5, 0.6) is 0 Å². The second-order valence-corrected chi connectivity index (χ2v) is 14.3. The summed E-state index contributed by atoms with van der Waals surface area (Å²) in [6, 6.07) is 0. The molecule has 1 atom stereocenters. The highest BCUT2D eigenvalue weighted by Crippen LogP contribution is 2.38. The Hall–Kier alpha value is 0.177. The summed E-state index contributed by atoms with van der Waals surface area (Å²) in [5.41, 5.74) is 0. The molecule has 0 bridgehead atoms. The van der Waals surface area contributed by atoms with E-state index >= 15 is 0 Å². The lowest BCUT2D eigenvalue weighted by molar-refractivity contribution is 0.163. The van der Waals surface area contributed by atoms with Crippen LogP contribution >= 0.6 is 0 Å². The largest absolute Gasteiger partial charge is 0.414 e. The minimum atomic E-state index is -1.59. The van der Waals surface area contributed by atoms with Gasteiger partial charge in [0.15, 0.2) is 8.32 Å². The van der Waals surface area contributed by atoms with Gasteiger partial charge in [-0.2, -0.15) is 0 Å². The fourth-order valence-electron chi connectivity index (χ4n) is 3.15. The van der Waals surface area contributed by atoms with Crippen LogP contribution < -0.4 is 0 Å². The molecule has 0 aromatic rings. The van der Waals surface area contributed by atoms with Crippen molar-refractivity contribution < 1.29 is 4.43 Å². The minimum Gasteiger partial charge on any atom is -0.414 e. The average Bonchev–Trinajstić information content (AvgIpc) is 2.53. The predicted octanol–water partition coefficient (Wildman–Crippen LogP) is 8.88. The molecule has 1 nitrogen and oxygen atoms in total. The lowest BCUT2D eigenvalue weighted by atomic mass is 10.0. The van der Waals surface area contributed by atoms with E-state index in [1.165, 1.54) is 89.9 Å². The van der Waals surface area contributed by atoms with Crippen LogP contribution in [-0.4, -0.2) is 14.4 Å². The molecule has 0 aromatic carbocycles.